The summed E-state index contributed by atoms with van der Waals surface area (Å²) >= 11 is 12.3. The summed E-state index contributed by atoms with van der Waals surface area (Å²) in [4.78, 5) is 12.8. The third-order valence-corrected chi connectivity index (χ3v) is 8.12. The van der Waals surface area contributed by atoms with Gasteiger partial charge in [-0.05, 0) is 66.6 Å². The summed E-state index contributed by atoms with van der Waals surface area (Å²) in [6, 6.07) is 27.3. The maximum Gasteiger partial charge on any atom is 0.264 e. The molecule has 1 N–H and O–H groups in total. The van der Waals surface area contributed by atoms with Crippen molar-refractivity contribution in [2.24, 2.45) is 0 Å². The minimum absolute atomic E-state index is 0.0615. The van der Waals surface area contributed by atoms with Crippen LogP contribution >= 0.6 is 23.2 Å². The van der Waals surface area contributed by atoms with E-state index in [2.05, 4.69) is 5.32 Å². The van der Waals surface area contributed by atoms with Crippen LogP contribution in [0.2, 0.25) is 10.0 Å². The van der Waals surface area contributed by atoms with Crippen LogP contribution in [0.1, 0.15) is 21.5 Å². The van der Waals surface area contributed by atoms with Crippen LogP contribution in [-0.4, -0.2) is 27.5 Å². The minimum Gasteiger partial charge on any atom is -0.490 e. The Bertz CT molecular complexity index is 1510. The highest BCUT2D eigenvalue weighted by Gasteiger charge is 2.26. The van der Waals surface area contributed by atoms with Crippen molar-refractivity contribution >= 4 is 44.8 Å². The zero-order valence-corrected chi connectivity index (χ0v) is 22.9. The molecule has 0 saturated heterocycles. The highest BCUT2D eigenvalue weighted by molar-refractivity contribution is 7.92. The van der Waals surface area contributed by atoms with E-state index in [-0.39, 0.29) is 24.0 Å². The number of anilines is 1. The SMILES string of the molecule is Cc1ccc(Cl)cc1N(Cc1ccc(C(=O)NCCOc2ccccc2Cl)cc1)S(=O)(=O)c1ccccc1. The number of aryl methyl sites for hydroxylation is 1. The highest BCUT2D eigenvalue weighted by Crippen LogP contribution is 2.31. The number of halogens is 2. The van der Waals surface area contributed by atoms with Crippen molar-refractivity contribution in [2.45, 2.75) is 18.4 Å². The van der Waals surface area contributed by atoms with Gasteiger partial charge in [0.05, 0.1) is 28.7 Å². The van der Waals surface area contributed by atoms with E-state index >= 15 is 0 Å². The fourth-order valence-electron chi connectivity index (χ4n) is 3.79. The van der Waals surface area contributed by atoms with Gasteiger partial charge in [-0.15, -0.1) is 0 Å². The maximum absolute atomic E-state index is 13.6. The molecule has 0 aliphatic heterocycles. The number of hydrogen-bond acceptors (Lipinski definition) is 4. The van der Waals surface area contributed by atoms with Crippen molar-refractivity contribution in [1.29, 1.82) is 0 Å². The molecule has 0 aromatic heterocycles. The number of hydrogen-bond donors (Lipinski definition) is 1. The van der Waals surface area contributed by atoms with Crippen LogP contribution in [0, 0.1) is 6.92 Å². The van der Waals surface area contributed by atoms with Crippen LogP contribution in [0.4, 0.5) is 5.69 Å². The summed E-state index contributed by atoms with van der Waals surface area (Å²) in [5, 5.41) is 3.75. The Morgan fingerprint density at radius 1 is 0.895 bits per heavy atom. The molecule has 0 aliphatic rings. The van der Waals surface area contributed by atoms with E-state index in [1.165, 1.54) is 4.31 Å². The molecule has 1 amide bonds. The van der Waals surface area contributed by atoms with E-state index in [1.54, 1.807) is 84.9 Å². The lowest BCUT2D eigenvalue weighted by molar-refractivity contribution is 0.0947. The number of carbonyl (C=O) groups is 1. The third kappa shape index (κ3) is 6.67. The van der Waals surface area contributed by atoms with Crippen molar-refractivity contribution in [3.63, 3.8) is 0 Å². The normalized spacial score (nSPS) is 11.1. The average molecular weight is 570 g/mol. The van der Waals surface area contributed by atoms with Gasteiger partial charge in [0, 0.05) is 10.6 Å². The van der Waals surface area contributed by atoms with Crippen molar-refractivity contribution in [2.75, 3.05) is 17.5 Å². The molecule has 0 fully saturated rings. The first-order valence-corrected chi connectivity index (χ1v) is 14.0. The van der Waals surface area contributed by atoms with Crippen LogP contribution < -0.4 is 14.4 Å². The minimum atomic E-state index is -3.89. The lowest BCUT2D eigenvalue weighted by Gasteiger charge is -2.26. The molecule has 9 heteroatoms. The molecule has 4 rings (SSSR count). The van der Waals surface area contributed by atoms with Crippen LogP contribution in [0.25, 0.3) is 0 Å². The summed E-state index contributed by atoms with van der Waals surface area (Å²) in [5.74, 6) is 0.288. The van der Waals surface area contributed by atoms with Gasteiger partial charge in [0.15, 0.2) is 0 Å². The number of rotatable bonds is 10. The monoisotopic (exact) mass is 568 g/mol. The van der Waals surface area contributed by atoms with E-state index in [1.807, 2.05) is 19.1 Å². The van der Waals surface area contributed by atoms with Gasteiger partial charge in [0.25, 0.3) is 15.9 Å². The smallest absolute Gasteiger partial charge is 0.264 e. The quantitative estimate of drug-likeness (QED) is 0.221. The largest absolute Gasteiger partial charge is 0.490 e. The molecule has 0 saturated carbocycles. The van der Waals surface area contributed by atoms with Crippen LogP contribution in [0.5, 0.6) is 5.75 Å². The summed E-state index contributed by atoms with van der Waals surface area (Å²) < 4.78 is 34.2. The van der Waals surface area contributed by atoms with Gasteiger partial charge in [-0.2, -0.15) is 0 Å². The number of nitrogens with zero attached hydrogens (tertiary/aromatic N) is 1. The standard InChI is InChI=1S/C29H26Cl2N2O4S/c1-21-11-16-24(30)19-27(21)33(38(35,36)25-7-3-2-4-8-25)20-22-12-14-23(15-13-22)29(34)32-17-18-37-28-10-6-5-9-26(28)31/h2-16,19H,17-18,20H2,1H3,(H,32,34). The Kier molecular flexibility index (Phi) is 8.94. The van der Waals surface area contributed by atoms with Crippen LogP contribution in [-0.2, 0) is 16.6 Å². The van der Waals surface area contributed by atoms with Gasteiger partial charge in [-0.25, -0.2) is 8.42 Å². The van der Waals surface area contributed by atoms with E-state index < -0.39 is 10.0 Å². The van der Waals surface area contributed by atoms with Gasteiger partial charge in [0.1, 0.15) is 12.4 Å². The second kappa shape index (κ2) is 12.3. The summed E-state index contributed by atoms with van der Waals surface area (Å²) in [7, 11) is -3.89. The van der Waals surface area contributed by atoms with Gasteiger partial charge in [-0.3, -0.25) is 9.10 Å². The summed E-state index contributed by atoms with van der Waals surface area (Å²) in [6.45, 7) is 2.45. The predicted molar refractivity (Wildman–Crippen MR) is 152 cm³/mol. The van der Waals surface area contributed by atoms with Crippen LogP contribution in [0.3, 0.4) is 0 Å². The first-order chi connectivity index (χ1) is 18.3. The van der Waals surface area contributed by atoms with Gasteiger partial charge in [0.2, 0.25) is 0 Å². The third-order valence-electron chi connectivity index (χ3n) is 5.80. The molecule has 38 heavy (non-hydrogen) atoms. The number of carbonyl (C=O) groups excluding carboxylic acids is 1. The van der Waals surface area contributed by atoms with E-state index in [0.29, 0.717) is 39.2 Å². The molecule has 0 atom stereocenters. The van der Waals surface area contributed by atoms with E-state index in [4.69, 9.17) is 27.9 Å². The number of para-hydroxylation sites is 1. The number of benzene rings is 4. The number of nitrogens with one attached hydrogen (secondary N) is 1. The Labute approximate surface area is 232 Å². The second-order valence-corrected chi connectivity index (χ2v) is 11.2. The Morgan fingerprint density at radius 2 is 1.58 bits per heavy atom. The van der Waals surface area contributed by atoms with Gasteiger partial charge >= 0.3 is 0 Å². The number of sulfonamides is 1. The van der Waals surface area contributed by atoms with Crippen molar-refractivity contribution in [3.05, 3.63) is 124 Å². The molecular weight excluding hydrogens is 543 g/mol. The zero-order chi connectivity index (χ0) is 27.1. The van der Waals surface area contributed by atoms with E-state index in [9.17, 15) is 13.2 Å². The number of amides is 1. The molecule has 0 heterocycles. The van der Waals surface area contributed by atoms with Crippen molar-refractivity contribution in [3.8, 4) is 5.75 Å². The molecule has 0 bridgehead atoms. The maximum atomic E-state index is 13.6. The molecule has 4 aromatic carbocycles. The topological polar surface area (TPSA) is 75.7 Å². The molecule has 4 aromatic rings. The molecular formula is C29H26Cl2N2O4S. The Hall–Kier alpha value is -3.52. The second-order valence-electron chi connectivity index (χ2n) is 8.49. The van der Waals surface area contributed by atoms with Crippen molar-refractivity contribution < 1.29 is 17.9 Å². The lowest BCUT2D eigenvalue weighted by atomic mass is 10.1. The van der Waals surface area contributed by atoms with Crippen LogP contribution in [0.15, 0.2) is 102 Å². The highest BCUT2D eigenvalue weighted by atomic mass is 35.5. The Morgan fingerprint density at radius 3 is 2.29 bits per heavy atom. The summed E-state index contributed by atoms with van der Waals surface area (Å²) in [6.07, 6.45) is 0. The fraction of sp³-hybridized carbons (Fsp3) is 0.138. The van der Waals surface area contributed by atoms with Gasteiger partial charge < -0.3 is 10.1 Å². The first kappa shape index (κ1) is 27.5. The Balaban J connectivity index is 1.47. The summed E-state index contributed by atoms with van der Waals surface area (Å²) in [5.41, 5.74) is 2.41. The lowest BCUT2D eigenvalue weighted by Crippen LogP contribution is -2.31. The molecule has 0 spiro atoms. The predicted octanol–water partition coefficient (Wildman–Crippen LogP) is 6.51. The molecule has 196 valence electrons. The molecule has 0 aliphatic carbocycles. The van der Waals surface area contributed by atoms with Gasteiger partial charge in [-0.1, -0.05) is 71.7 Å². The fourth-order valence-corrected chi connectivity index (χ4v) is 5.67. The molecule has 6 nitrogen and oxygen atoms in total. The zero-order valence-electron chi connectivity index (χ0n) is 20.6. The average Bonchev–Trinajstić information content (AvgIpc) is 2.93. The van der Waals surface area contributed by atoms with E-state index in [0.717, 1.165) is 5.56 Å². The molecule has 0 unspecified atom stereocenters. The first-order valence-electron chi connectivity index (χ1n) is 11.8. The molecule has 0 radical (unpaired) electrons. The van der Waals surface area contributed by atoms with Crippen molar-refractivity contribution in [1.82, 2.24) is 5.32 Å². The number of ether oxygens (including phenoxy) is 1.